The predicted octanol–water partition coefficient (Wildman–Crippen LogP) is 2.99. The average Bonchev–Trinajstić information content (AvgIpc) is 2.61. The lowest BCUT2D eigenvalue weighted by Crippen LogP contribution is -2.36. The fraction of sp³-hybridized carbons (Fsp3) is 0.294. The van der Waals surface area contributed by atoms with Crippen molar-refractivity contribution >= 4 is 11.4 Å². The topological polar surface area (TPSA) is 45.2 Å². The van der Waals surface area contributed by atoms with E-state index in [4.69, 9.17) is 9.57 Å². The molecule has 0 atom stereocenters. The number of benzene rings is 2. The van der Waals surface area contributed by atoms with Crippen LogP contribution >= 0.6 is 0 Å². The Morgan fingerprint density at radius 3 is 2.57 bits per heavy atom. The highest BCUT2D eigenvalue weighted by molar-refractivity contribution is 5.56. The van der Waals surface area contributed by atoms with E-state index in [1.165, 1.54) is 6.07 Å². The first-order valence-corrected chi connectivity index (χ1v) is 7.52. The Labute approximate surface area is 134 Å². The Balaban J connectivity index is 1.64. The summed E-state index contributed by atoms with van der Waals surface area (Å²) in [6.45, 7) is 2.69. The second-order valence-corrected chi connectivity index (χ2v) is 5.27. The van der Waals surface area contributed by atoms with Gasteiger partial charge in [-0.05, 0) is 17.7 Å². The van der Waals surface area contributed by atoms with Gasteiger partial charge in [0.15, 0.2) is 0 Å². The van der Waals surface area contributed by atoms with Crippen molar-refractivity contribution in [2.75, 3.05) is 36.4 Å². The maximum Gasteiger partial charge on any atom is 0.148 e. The molecule has 1 saturated heterocycles. The van der Waals surface area contributed by atoms with E-state index >= 15 is 0 Å². The Bertz CT molecular complexity index is 633. The molecule has 0 bridgehead atoms. The van der Waals surface area contributed by atoms with Gasteiger partial charge in [-0.1, -0.05) is 30.3 Å². The highest BCUT2D eigenvalue weighted by Crippen LogP contribution is 2.25. The van der Waals surface area contributed by atoms with Crippen molar-refractivity contribution in [3.63, 3.8) is 0 Å². The third-order valence-electron chi connectivity index (χ3n) is 3.70. The molecule has 0 unspecified atom stereocenters. The molecule has 1 N–H and O–H groups in total. The van der Waals surface area contributed by atoms with E-state index < -0.39 is 5.82 Å². The fourth-order valence-corrected chi connectivity index (χ4v) is 2.46. The van der Waals surface area contributed by atoms with Gasteiger partial charge < -0.3 is 9.64 Å². The second kappa shape index (κ2) is 7.41. The molecular formula is C17H19FN2O3. The van der Waals surface area contributed by atoms with E-state index in [1.54, 1.807) is 12.1 Å². The van der Waals surface area contributed by atoms with Crippen molar-refractivity contribution < 1.29 is 19.2 Å². The molecule has 0 spiro atoms. The van der Waals surface area contributed by atoms with Crippen LogP contribution in [-0.4, -0.2) is 31.5 Å². The van der Waals surface area contributed by atoms with Crippen molar-refractivity contribution in [1.82, 2.24) is 0 Å². The van der Waals surface area contributed by atoms with Crippen molar-refractivity contribution in [2.45, 2.75) is 6.61 Å². The molecule has 23 heavy (non-hydrogen) atoms. The van der Waals surface area contributed by atoms with E-state index in [9.17, 15) is 9.60 Å². The monoisotopic (exact) mass is 318 g/mol. The van der Waals surface area contributed by atoms with Crippen LogP contribution in [0.15, 0.2) is 48.5 Å². The molecule has 1 heterocycles. The van der Waals surface area contributed by atoms with Crippen LogP contribution in [0.1, 0.15) is 5.56 Å². The van der Waals surface area contributed by atoms with Gasteiger partial charge in [-0.2, -0.15) is 0 Å². The van der Waals surface area contributed by atoms with Gasteiger partial charge in [0.25, 0.3) is 0 Å². The summed E-state index contributed by atoms with van der Waals surface area (Å²) in [6.07, 6.45) is 0. The molecule has 5 nitrogen and oxygen atoms in total. The number of nitrogens with zero attached hydrogens (tertiary/aromatic N) is 2. The van der Waals surface area contributed by atoms with Crippen LogP contribution in [0.2, 0.25) is 0 Å². The minimum Gasteiger partial charge on any atom is -0.378 e. The van der Waals surface area contributed by atoms with Crippen LogP contribution in [-0.2, 0) is 16.2 Å². The normalized spacial score (nSPS) is 14.8. The van der Waals surface area contributed by atoms with E-state index in [2.05, 4.69) is 0 Å². The second-order valence-electron chi connectivity index (χ2n) is 5.27. The highest BCUT2D eigenvalue weighted by atomic mass is 19.1. The summed E-state index contributed by atoms with van der Waals surface area (Å²) in [6, 6.07) is 14.0. The summed E-state index contributed by atoms with van der Waals surface area (Å²) in [4.78, 5) is 7.17. The summed E-state index contributed by atoms with van der Waals surface area (Å²) >= 11 is 0. The minimum absolute atomic E-state index is 0.199. The van der Waals surface area contributed by atoms with Gasteiger partial charge in [0.1, 0.15) is 12.4 Å². The Kier molecular flexibility index (Phi) is 5.07. The minimum atomic E-state index is -0.397. The van der Waals surface area contributed by atoms with Gasteiger partial charge in [0.2, 0.25) is 0 Å². The zero-order valence-corrected chi connectivity index (χ0v) is 12.7. The first kappa shape index (κ1) is 15.7. The molecular weight excluding hydrogens is 299 g/mol. The first-order valence-electron chi connectivity index (χ1n) is 7.52. The molecule has 1 aliphatic rings. The molecule has 6 heteroatoms. The molecule has 0 aliphatic carbocycles. The molecule has 1 fully saturated rings. The Morgan fingerprint density at radius 1 is 1.13 bits per heavy atom. The van der Waals surface area contributed by atoms with Gasteiger partial charge in [0.05, 0.1) is 24.6 Å². The lowest BCUT2D eigenvalue weighted by atomic mass is 10.2. The molecule has 0 saturated carbocycles. The van der Waals surface area contributed by atoms with Crippen LogP contribution in [0.25, 0.3) is 0 Å². The SMILES string of the molecule is ON(OCc1ccccc1)c1ccc(N2CCOCC2)c(F)c1. The van der Waals surface area contributed by atoms with E-state index in [0.29, 0.717) is 37.2 Å². The van der Waals surface area contributed by atoms with Gasteiger partial charge in [-0.25, -0.2) is 9.23 Å². The van der Waals surface area contributed by atoms with E-state index in [-0.39, 0.29) is 12.3 Å². The smallest absolute Gasteiger partial charge is 0.148 e. The molecule has 2 aromatic carbocycles. The average molecular weight is 318 g/mol. The summed E-state index contributed by atoms with van der Waals surface area (Å²) < 4.78 is 19.5. The van der Waals surface area contributed by atoms with Crippen molar-refractivity contribution in [3.8, 4) is 0 Å². The molecule has 3 rings (SSSR count). The summed E-state index contributed by atoms with van der Waals surface area (Å²) in [5, 5.41) is 10.5. The number of rotatable bonds is 5. The molecule has 1 aliphatic heterocycles. The van der Waals surface area contributed by atoms with Crippen molar-refractivity contribution in [2.24, 2.45) is 0 Å². The molecule has 0 radical (unpaired) electrons. The third kappa shape index (κ3) is 3.98. The number of ether oxygens (including phenoxy) is 1. The number of halogens is 1. The van der Waals surface area contributed by atoms with Crippen molar-refractivity contribution in [3.05, 3.63) is 59.9 Å². The summed E-state index contributed by atoms with van der Waals surface area (Å²) in [5.74, 6) is -0.397. The molecule has 122 valence electrons. The quantitative estimate of drug-likeness (QED) is 0.859. The van der Waals surface area contributed by atoms with Gasteiger partial charge in [0, 0.05) is 19.2 Å². The Morgan fingerprint density at radius 2 is 1.87 bits per heavy atom. The largest absolute Gasteiger partial charge is 0.378 e. The fourth-order valence-electron chi connectivity index (χ4n) is 2.46. The van der Waals surface area contributed by atoms with Gasteiger partial charge in [-0.3, -0.25) is 5.21 Å². The van der Waals surface area contributed by atoms with Crippen LogP contribution in [0.3, 0.4) is 0 Å². The lowest BCUT2D eigenvalue weighted by Gasteiger charge is -2.29. The van der Waals surface area contributed by atoms with E-state index in [0.717, 1.165) is 5.56 Å². The van der Waals surface area contributed by atoms with Crippen molar-refractivity contribution in [1.29, 1.82) is 0 Å². The van der Waals surface area contributed by atoms with Gasteiger partial charge >= 0.3 is 0 Å². The van der Waals surface area contributed by atoms with Gasteiger partial charge in [-0.15, -0.1) is 5.23 Å². The lowest BCUT2D eigenvalue weighted by molar-refractivity contribution is -0.0506. The number of hydrogen-bond donors (Lipinski definition) is 1. The maximum absolute atomic E-state index is 14.3. The molecule has 0 amide bonds. The standard InChI is InChI=1S/C17H19FN2O3/c18-16-12-15(6-7-17(16)19-8-10-22-11-9-19)20(21)23-13-14-4-2-1-3-5-14/h1-7,12,21H,8-11,13H2. The van der Waals surface area contributed by atoms with Crippen LogP contribution in [0, 0.1) is 5.82 Å². The van der Waals surface area contributed by atoms with E-state index in [1.807, 2.05) is 35.2 Å². The van der Waals surface area contributed by atoms with Crippen LogP contribution in [0.4, 0.5) is 15.8 Å². The summed E-state index contributed by atoms with van der Waals surface area (Å²) in [5.41, 5.74) is 1.67. The van der Waals surface area contributed by atoms with Crippen LogP contribution in [0.5, 0.6) is 0 Å². The molecule has 2 aromatic rings. The number of hydrogen-bond acceptors (Lipinski definition) is 5. The molecule has 0 aromatic heterocycles. The third-order valence-corrected chi connectivity index (χ3v) is 3.70. The maximum atomic E-state index is 14.3. The number of anilines is 2. The first-order chi connectivity index (χ1) is 11.2. The number of morpholine rings is 1. The zero-order valence-electron chi connectivity index (χ0n) is 12.7. The summed E-state index contributed by atoms with van der Waals surface area (Å²) in [7, 11) is 0. The highest BCUT2D eigenvalue weighted by Gasteiger charge is 2.16. The van der Waals surface area contributed by atoms with Crippen LogP contribution < -0.4 is 10.1 Å². The zero-order chi connectivity index (χ0) is 16.1. The Hall–Kier alpha value is -2.15. The predicted molar refractivity (Wildman–Crippen MR) is 84.9 cm³/mol.